The van der Waals surface area contributed by atoms with Gasteiger partial charge in [0.1, 0.15) is 24.2 Å². The van der Waals surface area contributed by atoms with Gasteiger partial charge in [-0.2, -0.15) is 0 Å². The summed E-state index contributed by atoms with van der Waals surface area (Å²) in [5.41, 5.74) is 1.49. The molecule has 0 heterocycles. The maximum atomic E-state index is 14.0. The van der Waals surface area contributed by atoms with Crippen LogP contribution in [0.3, 0.4) is 0 Å². The number of hydrogen-bond donors (Lipinski definition) is 2. The minimum absolute atomic E-state index is 0.0336. The van der Waals surface area contributed by atoms with Crippen molar-refractivity contribution in [3.8, 4) is 0 Å². The van der Waals surface area contributed by atoms with E-state index in [1.165, 1.54) is 18.1 Å². The lowest BCUT2D eigenvalue weighted by Crippen LogP contribution is -2.55. The van der Waals surface area contributed by atoms with Gasteiger partial charge in [-0.3, -0.25) is 14.4 Å². The maximum Gasteiger partial charge on any atom is 0.408 e. The predicted molar refractivity (Wildman–Crippen MR) is 138 cm³/mol. The summed E-state index contributed by atoms with van der Waals surface area (Å²) in [4.78, 5) is 53.2. The van der Waals surface area contributed by atoms with Crippen LogP contribution in [0.4, 0.5) is 4.79 Å². The zero-order chi connectivity index (χ0) is 27.6. The first-order chi connectivity index (χ1) is 16.8. The second-order valence-electron chi connectivity index (χ2n) is 9.79. The first kappa shape index (κ1) is 30.7. The van der Waals surface area contributed by atoms with Crippen molar-refractivity contribution >= 4 is 23.9 Å². The summed E-state index contributed by atoms with van der Waals surface area (Å²) in [5, 5.41) is 5.28. The molecule has 1 rings (SSSR count). The molecule has 9 nitrogen and oxygen atoms in total. The van der Waals surface area contributed by atoms with E-state index in [4.69, 9.17) is 4.74 Å². The Kier molecular flexibility index (Phi) is 11.6. The number of nitrogens with zero attached hydrogens (tertiary/aromatic N) is 1. The number of nitrogens with one attached hydrogen (secondary N) is 2. The van der Waals surface area contributed by atoms with Gasteiger partial charge >= 0.3 is 12.1 Å². The third-order valence-electron chi connectivity index (χ3n) is 5.77. The lowest BCUT2D eigenvalue weighted by atomic mass is 9.92. The third kappa shape index (κ3) is 8.70. The quantitative estimate of drug-likeness (QED) is 0.352. The normalized spacial score (nSPS) is 13.6. The molecule has 200 valence electrons. The molecule has 3 unspecified atom stereocenters. The molecule has 0 fully saturated rings. The number of benzene rings is 1. The maximum absolute atomic E-state index is 14.0. The van der Waals surface area contributed by atoms with Crippen LogP contribution in [0, 0.1) is 19.8 Å². The molecule has 0 aromatic heterocycles. The molecule has 0 aliphatic heterocycles. The highest BCUT2D eigenvalue weighted by molar-refractivity contribution is 5.93. The Hall–Kier alpha value is -3.36. The molecule has 0 spiro atoms. The van der Waals surface area contributed by atoms with Crippen LogP contribution in [0.1, 0.15) is 63.8 Å². The van der Waals surface area contributed by atoms with Gasteiger partial charge in [-0.15, -0.1) is 6.58 Å². The van der Waals surface area contributed by atoms with Crippen molar-refractivity contribution in [1.82, 2.24) is 15.5 Å². The summed E-state index contributed by atoms with van der Waals surface area (Å²) in [5.74, 6) is -1.88. The second kappa shape index (κ2) is 13.7. The summed E-state index contributed by atoms with van der Waals surface area (Å²) in [7, 11) is 1.23. The van der Waals surface area contributed by atoms with Crippen molar-refractivity contribution in [3.63, 3.8) is 0 Å². The first-order valence-electron chi connectivity index (χ1n) is 12.1. The van der Waals surface area contributed by atoms with Gasteiger partial charge in [-0.25, -0.2) is 4.79 Å². The predicted octanol–water partition coefficient (Wildman–Crippen LogP) is 3.59. The zero-order valence-electron chi connectivity index (χ0n) is 22.8. The van der Waals surface area contributed by atoms with E-state index in [1.54, 1.807) is 20.8 Å². The fourth-order valence-electron chi connectivity index (χ4n) is 3.77. The fourth-order valence-corrected chi connectivity index (χ4v) is 3.77. The summed E-state index contributed by atoms with van der Waals surface area (Å²) >= 11 is 0. The number of rotatable bonds is 11. The molecule has 0 aliphatic rings. The molecular formula is C27H41N3O6. The number of amides is 3. The highest BCUT2D eigenvalue weighted by atomic mass is 16.6. The molecule has 1 aromatic carbocycles. The van der Waals surface area contributed by atoms with Gasteiger partial charge in [0.2, 0.25) is 11.8 Å². The molecule has 0 saturated carbocycles. The van der Waals surface area contributed by atoms with E-state index in [0.717, 1.165) is 11.1 Å². The smallest absolute Gasteiger partial charge is 0.408 e. The lowest BCUT2D eigenvalue weighted by molar-refractivity contribution is -0.144. The van der Waals surface area contributed by atoms with E-state index in [9.17, 15) is 19.2 Å². The van der Waals surface area contributed by atoms with Crippen LogP contribution < -0.4 is 10.6 Å². The van der Waals surface area contributed by atoms with Gasteiger partial charge in [-0.05, 0) is 57.2 Å². The summed E-state index contributed by atoms with van der Waals surface area (Å²) < 4.78 is 10.0. The number of hydrogen-bond acceptors (Lipinski definition) is 6. The topological polar surface area (TPSA) is 114 Å². The molecule has 0 aliphatic carbocycles. The number of carbonyl (C=O) groups excluding carboxylic acids is 4. The van der Waals surface area contributed by atoms with Gasteiger partial charge in [0.05, 0.1) is 7.11 Å². The Labute approximate surface area is 214 Å². The van der Waals surface area contributed by atoms with Crippen LogP contribution in [0.5, 0.6) is 0 Å². The van der Waals surface area contributed by atoms with Gasteiger partial charge in [0.15, 0.2) is 0 Å². The highest BCUT2D eigenvalue weighted by Crippen LogP contribution is 2.29. The zero-order valence-corrected chi connectivity index (χ0v) is 22.8. The molecule has 0 bridgehead atoms. The van der Waals surface area contributed by atoms with Crippen LogP contribution in [0.15, 0.2) is 30.9 Å². The van der Waals surface area contributed by atoms with Crippen molar-refractivity contribution in [2.24, 2.45) is 5.92 Å². The molecule has 0 radical (unpaired) electrons. The third-order valence-corrected chi connectivity index (χ3v) is 5.77. The first-order valence-corrected chi connectivity index (χ1v) is 12.1. The van der Waals surface area contributed by atoms with Crippen molar-refractivity contribution in [3.05, 3.63) is 47.5 Å². The molecule has 1 aromatic rings. The monoisotopic (exact) mass is 503 g/mol. The SMILES string of the molecule is C=CCN(C(=O)C(NC(=O)OC(C)(C)C)C(C)CC)C(C(=O)NCC(=O)OC)c1c(C)cccc1C. The fraction of sp³-hybridized carbons (Fsp3) is 0.556. The Morgan fingerprint density at radius 2 is 1.72 bits per heavy atom. The Morgan fingerprint density at radius 3 is 2.19 bits per heavy atom. The second-order valence-corrected chi connectivity index (χ2v) is 9.79. The largest absolute Gasteiger partial charge is 0.468 e. The van der Waals surface area contributed by atoms with Gasteiger partial charge in [-0.1, -0.05) is 44.5 Å². The summed E-state index contributed by atoms with van der Waals surface area (Å²) in [6.07, 6.45) is 1.39. The molecule has 3 amide bonds. The minimum Gasteiger partial charge on any atom is -0.468 e. The van der Waals surface area contributed by atoms with E-state index in [-0.39, 0.29) is 19.0 Å². The summed E-state index contributed by atoms with van der Waals surface area (Å²) in [6, 6.07) is 3.54. The van der Waals surface area contributed by atoms with Crippen molar-refractivity contribution in [2.45, 2.75) is 72.6 Å². The van der Waals surface area contributed by atoms with Gasteiger partial charge in [0.25, 0.3) is 0 Å². The number of methoxy groups -OCH3 is 1. The molecule has 2 N–H and O–H groups in total. The van der Waals surface area contributed by atoms with Gasteiger partial charge in [0, 0.05) is 6.54 Å². The van der Waals surface area contributed by atoms with E-state index in [2.05, 4.69) is 21.9 Å². The van der Waals surface area contributed by atoms with E-state index < -0.39 is 41.6 Å². The number of aryl methyl sites for hydroxylation is 2. The number of ether oxygens (including phenoxy) is 2. The molecule has 0 saturated heterocycles. The molecular weight excluding hydrogens is 462 g/mol. The lowest BCUT2D eigenvalue weighted by Gasteiger charge is -2.36. The van der Waals surface area contributed by atoms with Crippen molar-refractivity contribution in [2.75, 3.05) is 20.2 Å². The van der Waals surface area contributed by atoms with Crippen molar-refractivity contribution in [1.29, 1.82) is 0 Å². The van der Waals surface area contributed by atoms with Crippen molar-refractivity contribution < 1.29 is 28.7 Å². The number of alkyl carbamates (subject to hydrolysis) is 1. The van der Waals surface area contributed by atoms with E-state index in [1.807, 2.05) is 45.9 Å². The summed E-state index contributed by atoms with van der Waals surface area (Å²) in [6.45, 7) is 16.1. The average Bonchev–Trinajstić information content (AvgIpc) is 2.80. The highest BCUT2D eigenvalue weighted by Gasteiger charge is 2.38. The van der Waals surface area contributed by atoms with Crippen LogP contribution in [-0.2, 0) is 23.9 Å². The number of esters is 1. The van der Waals surface area contributed by atoms with Crippen LogP contribution >= 0.6 is 0 Å². The molecule has 36 heavy (non-hydrogen) atoms. The number of carbonyl (C=O) groups is 4. The Bertz CT molecular complexity index is 933. The van der Waals surface area contributed by atoms with Gasteiger partial charge < -0.3 is 25.0 Å². The van der Waals surface area contributed by atoms with Crippen LogP contribution in [0.2, 0.25) is 0 Å². The van der Waals surface area contributed by atoms with E-state index >= 15 is 0 Å². The van der Waals surface area contributed by atoms with E-state index in [0.29, 0.717) is 12.0 Å². The Morgan fingerprint density at radius 1 is 1.14 bits per heavy atom. The average molecular weight is 504 g/mol. The minimum atomic E-state index is -1.08. The van der Waals surface area contributed by atoms with Crippen LogP contribution in [0.25, 0.3) is 0 Å². The molecule has 3 atom stereocenters. The molecule has 9 heteroatoms. The Balaban J connectivity index is 3.56. The van der Waals surface area contributed by atoms with Crippen LogP contribution in [-0.4, -0.2) is 60.6 Å². The standard InChI is InChI=1S/C27H41N3O6/c1-10-15-30(25(33)22(17(3)11-2)29-26(34)36-27(6,7)8)23(24(32)28-16-20(31)35-9)21-18(4)13-12-14-19(21)5/h10,12-14,17,22-23H,1,11,15-16H2,2-9H3,(H,28,32)(H,29,34).